The Kier molecular flexibility index (Phi) is 4.31. The van der Waals surface area contributed by atoms with Crippen LogP contribution in [-0.2, 0) is 25.8 Å². The molecule has 1 aromatic heterocycles. The van der Waals surface area contributed by atoms with Crippen molar-refractivity contribution < 1.29 is 23.1 Å². The van der Waals surface area contributed by atoms with Crippen molar-refractivity contribution in [2.75, 3.05) is 5.75 Å². The van der Waals surface area contributed by atoms with E-state index in [-0.39, 0.29) is 18.6 Å². The van der Waals surface area contributed by atoms with Crippen LogP contribution in [0.1, 0.15) is 18.4 Å². The average molecular weight is 350 g/mol. The van der Waals surface area contributed by atoms with Crippen molar-refractivity contribution in [1.82, 2.24) is 10.3 Å². The molecule has 0 bridgehead atoms. The molecule has 0 aliphatic carbocycles. The zero-order valence-electron chi connectivity index (χ0n) is 12.9. The van der Waals surface area contributed by atoms with Crippen molar-refractivity contribution >= 4 is 32.6 Å². The number of hydrogen-bond donors (Lipinski definition) is 3. The highest BCUT2D eigenvalue weighted by atomic mass is 32.2. The molecule has 1 aliphatic heterocycles. The molecule has 0 spiro atoms. The van der Waals surface area contributed by atoms with Crippen LogP contribution in [0.25, 0.3) is 10.9 Å². The zero-order valence-corrected chi connectivity index (χ0v) is 13.7. The van der Waals surface area contributed by atoms with Crippen LogP contribution < -0.4 is 5.32 Å². The smallest absolute Gasteiger partial charge is 0.326 e. The van der Waals surface area contributed by atoms with Crippen LogP contribution in [0.3, 0.4) is 0 Å². The molecule has 8 heteroatoms. The molecule has 7 nitrogen and oxygen atoms in total. The van der Waals surface area contributed by atoms with Gasteiger partial charge in [0.15, 0.2) is 9.84 Å². The third-order valence-corrected chi connectivity index (χ3v) is 6.51. The van der Waals surface area contributed by atoms with Gasteiger partial charge in [-0.05, 0) is 24.5 Å². The highest BCUT2D eigenvalue weighted by molar-refractivity contribution is 7.93. The first-order chi connectivity index (χ1) is 11.4. The number of nitrogens with one attached hydrogen (secondary N) is 2. The summed E-state index contributed by atoms with van der Waals surface area (Å²) in [6, 6.07) is 6.28. The Morgan fingerprint density at radius 3 is 2.75 bits per heavy atom. The minimum atomic E-state index is -3.47. The number of aromatic amines is 1. The summed E-state index contributed by atoms with van der Waals surface area (Å²) in [5.41, 5.74) is 1.63. The van der Waals surface area contributed by atoms with Gasteiger partial charge in [0, 0.05) is 23.5 Å². The van der Waals surface area contributed by atoms with Crippen molar-refractivity contribution in [3.63, 3.8) is 0 Å². The lowest BCUT2D eigenvalue weighted by Gasteiger charge is -2.17. The van der Waals surface area contributed by atoms with E-state index in [2.05, 4.69) is 10.3 Å². The summed E-state index contributed by atoms with van der Waals surface area (Å²) in [6.07, 6.45) is 2.46. The molecule has 0 radical (unpaired) electrons. The molecule has 1 fully saturated rings. The Labute approximate surface area is 139 Å². The zero-order chi connectivity index (χ0) is 17.3. The standard InChI is InChI=1S/C16H18N2O5S/c19-15(14-6-3-7-24(14,22)23)18-13(16(20)21)8-10-9-17-12-5-2-1-4-11(10)12/h1-2,4-5,9,13-14,17H,3,6-8H2,(H,18,19)(H,20,21). The van der Waals surface area contributed by atoms with E-state index in [0.717, 1.165) is 16.5 Å². The van der Waals surface area contributed by atoms with Crippen LogP contribution in [-0.4, -0.2) is 47.4 Å². The predicted octanol–water partition coefficient (Wildman–Crippen LogP) is 0.857. The third-order valence-electron chi connectivity index (χ3n) is 4.33. The number of H-pyrrole nitrogens is 1. The van der Waals surface area contributed by atoms with Gasteiger partial charge in [-0.25, -0.2) is 13.2 Å². The van der Waals surface area contributed by atoms with Gasteiger partial charge in [0.2, 0.25) is 5.91 Å². The molecule has 128 valence electrons. The largest absolute Gasteiger partial charge is 0.480 e. The molecule has 1 saturated heterocycles. The van der Waals surface area contributed by atoms with Crippen LogP contribution in [0.2, 0.25) is 0 Å². The third kappa shape index (κ3) is 3.14. The maximum Gasteiger partial charge on any atom is 0.326 e. The number of aromatic nitrogens is 1. The summed E-state index contributed by atoms with van der Waals surface area (Å²) < 4.78 is 23.7. The minimum absolute atomic E-state index is 0.0225. The summed E-state index contributed by atoms with van der Waals surface area (Å²) in [6.45, 7) is 0. The number of carboxylic acids is 1. The maximum atomic E-state index is 12.2. The van der Waals surface area contributed by atoms with E-state index in [0.29, 0.717) is 6.42 Å². The van der Waals surface area contributed by atoms with Crippen LogP contribution in [0.4, 0.5) is 0 Å². The number of benzene rings is 1. The molecular weight excluding hydrogens is 332 g/mol. The predicted molar refractivity (Wildman–Crippen MR) is 88.4 cm³/mol. The lowest BCUT2D eigenvalue weighted by Crippen LogP contribution is -2.47. The van der Waals surface area contributed by atoms with E-state index in [1.807, 2.05) is 24.3 Å². The average Bonchev–Trinajstić information content (AvgIpc) is 3.09. The summed E-state index contributed by atoms with van der Waals surface area (Å²) in [4.78, 5) is 26.8. The second-order valence-electron chi connectivity index (χ2n) is 5.96. The number of carboxylic acid groups (broad SMARTS) is 1. The highest BCUT2D eigenvalue weighted by Crippen LogP contribution is 2.22. The van der Waals surface area contributed by atoms with E-state index in [9.17, 15) is 23.1 Å². The summed E-state index contributed by atoms with van der Waals surface area (Å²) in [5.74, 6) is -1.94. The molecule has 2 aromatic rings. The van der Waals surface area contributed by atoms with Gasteiger partial charge in [-0.3, -0.25) is 4.79 Å². The van der Waals surface area contributed by atoms with Gasteiger partial charge in [-0.15, -0.1) is 0 Å². The maximum absolute atomic E-state index is 12.2. The number of amides is 1. The summed E-state index contributed by atoms with van der Waals surface area (Å²) in [7, 11) is -3.47. The lowest BCUT2D eigenvalue weighted by atomic mass is 10.0. The first kappa shape index (κ1) is 16.5. The van der Waals surface area contributed by atoms with Crippen LogP contribution in [0.5, 0.6) is 0 Å². The Hall–Kier alpha value is -2.35. The van der Waals surface area contributed by atoms with Crippen molar-refractivity contribution in [1.29, 1.82) is 0 Å². The summed E-state index contributed by atoms with van der Waals surface area (Å²) >= 11 is 0. The molecule has 2 heterocycles. The topological polar surface area (TPSA) is 116 Å². The van der Waals surface area contributed by atoms with Crippen LogP contribution in [0.15, 0.2) is 30.5 Å². The number of aliphatic carboxylic acids is 1. The second kappa shape index (κ2) is 6.27. The Morgan fingerprint density at radius 2 is 2.08 bits per heavy atom. The molecule has 24 heavy (non-hydrogen) atoms. The van der Waals surface area contributed by atoms with Crippen LogP contribution in [0, 0.1) is 0 Å². The van der Waals surface area contributed by atoms with Gasteiger partial charge in [0.25, 0.3) is 0 Å². The number of para-hydroxylation sites is 1. The van der Waals surface area contributed by atoms with E-state index >= 15 is 0 Å². The Bertz CT molecular complexity index is 887. The molecule has 0 saturated carbocycles. The number of hydrogen-bond acceptors (Lipinski definition) is 4. The number of carbonyl (C=O) groups is 2. The number of sulfone groups is 1. The molecule has 3 rings (SSSR count). The molecule has 2 atom stereocenters. The fraction of sp³-hybridized carbons (Fsp3) is 0.375. The van der Waals surface area contributed by atoms with Crippen LogP contribution >= 0.6 is 0 Å². The molecule has 3 N–H and O–H groups in total. The highest BCUT2D eigenvalue weighted by Gasteiger charge is 2.38. The van der Waals surface area contributed by atoms with Crippen molar-refractivity contribution in [3.8, 4) is 0 Å². The lowest BCUT2D eigenvalue weighted by molar-refractivity contribution is -0.141. The van der Waals surface area contributed by atoms with Crippen molar-refractivity contribution in [2.24, 2.45) is 0 Å². The quantitative estimate of drug-likeness (QED) is 0.739. The normalized spacial score (nSPS) is 20.8. The Morgan fingerprint density at radius 1 is 1.33 bits per heavy atom. The minimum Gasteiger partial charge on any atom is -0.480 e. The van der Waals surface area contributed by atoms with Gasteiger partial charge >= 0.3 is 5.97 Å². The van der Waals surface area contributed by atoms with Crippen molar-refractivity contribution in [3.05, 3.63) is 36.0 Å². The van der Waals surface area contributed by atoms with Gasteiger partial charge in [0.05, 0.1) is 5.75 Å². The van der Waals surface area contributed by atoms with Crippen molar-refractivity contribution in [2.45, 2.75) is 30.6 Å². The van der Waals surface area contributed by atoms with E-state index < -0.39 is 33.0 Å². The van der Waals surface area contributed by atoms with Gasteiger partial charge in [0.1, 0.15) is 11.3 Å². The number of carbonyl (C=O) groups excluding carboxylic acids is 1. The Balaban J connectivity index is 1.78. The van der Waals surface area contributed by atoms with E-state index in [1.54, 1.807) is 6.20 Å². The molecule has 1 amide bonds. The summed E-state index contributed by atoms with van der Waals surface area (Å²) in [5, 5.41) is 11.5. The fourth-order valence-corrected chi connectivity index (χ4v) is 4.84. The molecule has 2 unspecified atom stereocenters. The van der Waals surface area contributed by atoms with Gasteiger partial charge < -0.3 is 15.4 Å². The van der Waals surface area contributed by atoms with E-state index in [1.165, 1.54) is 0 Å². The fourth-order valence-electron chi connectivity index (χ4n) is 3.07. The molecule has 1 aromatic carbocycles. The first-order valence-corrected chi connectivity index (χ1v) is 9.40. The first-order valence-electron chi connectivity index (χ1n) is 7.68. The number of rotatable bonds is 5. The molecule has 1 aliphatic rings. The number of fused-ring (bicyclic) bond motifs is 1. The monoisotopic (exact) mass is 350 g/mol. The van der Waals surface area contributed by atoms with Gasteiger partial charge in [-0.1, -0.05) is 18.2 Å². The molecular formula is C16H18N2O5S. The van der Waals surface area contributed by atoms with Gasteiger partial charge in [-0.2, -0.15) is 0 Å². The second-order valence-corrected chi connectivity index (χ2v) is 8.26. The SMILES string of the molecule is O=C(O)C(Cc1c[nH]c2ccccc12)NC(=O)C1CCCS1(=O)=O. The van der Waals surface area contributed by atoms with E-state index in [4.69, 9.17) is 0 Å².